The molecule has 30 heavy (non-hydrogen) atoms. The predicted octanol–water partition coefficient (Wildman–Crippen LogP) is 2.85. The fraction of sp³-hybridized carbons (Fsp3) is 0.480. The van der Waals surface area contributed by atoms with E-state index in [4.69, 9.17) is 0 Å². The van der Waals surface area contributed by atoms with Crippen LogP contribution >= 0.6 is 0 Å². The first-order valence-electron chi connectivity index (χ1n) is 11.2. The van der Waals surface area contributed by atoms with E-state index in [9.17, 15) is 9.18 Å². The molecule has 2 aromatic rings. The van der Waals surface area contributed by atoms with Gasteiger partial charge in [0, 0.05) is 44.6 Å². The van der Waals surface area contributed by atoms with Crippen LogP contribution in [-0.4, -0.2) is 49.6 Å². The second kappa shape index (κ2) is 9.17. The Morgan fingerprint density at radius 1 is 1.03 bits per heavy atom. The van der Waals surface area contributed by atoms with E-state index in [0.29, 0.717) is 50.4 Å². The van der Waals surface area contributed by atoms with Gasteiger partial charge in [-0.1, -0.05) is 50.2 Å². The maximum atomic E-state index is 14.0. The normalized spacial score (nSPS) is 18.0. The molecule has 1 saturated carbocycles. The molecule has 4 rings (SSSR count). The summed E-state index contributed by atoms with van der Waals surface area (Å²) in [5, 5.41) is 0. The number of carbonyl (C=O) groups is 1. The van der Waals surface area contributed by atoms with Gasteiger partial charge in [0.25, 0.3) is 5.91 Å². The van der Waals surface area contributed by atoms with Crippen molar-refractivity contribution < 1.29 is 14.1 Å². The number of halogens is 1. The van der Waals surface area contributed by atoms with Crippen LogP contribution in [-0.2, 0) is 11.3 Å². The number of anilines is 1. The third kappa shape index (κ3) is 5.01. The molecule has 1 aliphatic heterocycles. The van der Waals surface area contributed by atoms with Gasteiger partial charge in [0.05, 0.1) is 11.7 Å². The summed E-state index contributed by atoms with van der Waals surface area (Å²) in [6.45, 7) is 8.57. The lowest BCUT2D eigenvalue weighted by Crippen LogP contribution is -3.13. The van der Waals surface area contributed by atoms with Crippen molar-refractivity contribution in [2.45, 2.75) is 45.2 Å². The molecule has 2 aromatic carbocycles. The molecule has 5 heteroatoms. The van der Waals surface area contributed by atoms with E-state index in [-0.39, 0.29) is 11.7 Å². The summed E-state index contributed by atoms with van der Waals surface area (Å²) in [6, 6.07) is 16.4. The van der Waals surface area contributed by atoms with Gasteiger partial charge in [0.15, 0.2) is 6.54 Å². The van der Waals surface area contributed by atoms with E-state index in [0.717, 1.165) is 6.54 Å². The first kappa shape index (κ1) is 20.9. The van der Waals surface area contributed by atoms with Crippen molar-refractivity contribution in [3.8, 4) is 0 Å². The number of carbonyl (C=O) groups excluding carboxylic acids is 1. The Hall–Kier alpha value is -2.40. The quantitative estimate of drug-likeness (QED) is 0.760. The van der Waals surface area contributed by atoms with Crippen molar-refractivity contribution in [2.24, 2.45) is 0 Å². The molecule has 4 nitrogen and oxygen atoms in total. The number of quaternary nitrogens is 1. The van der Waals surface area contributed by atoms with Crippen LogP contribution in [0.4, 0.5) is 10.1 Å². The summed E-state index contributed by atoms with van der Waals surface area (Å²) in [6.07, 6.45) is 2.43. The van der Waals surface area contributed by atoms with E-state index in [2.05, 4.69) is 38.1 Å². The highest BCUT2D eigenvalue weighted by molar-refractivity contribution is 5.77. The molecule has 0 radical (unpaired) electrons. The zero-order valence-corrected chi connectivity index (χ0v) is 18.1. The summed E-state index contributed by atoms with van der Waals surface area (Å²) in [4.78, 5) is 18.4. The fourth-order valence-electron chi connectivity index (χ4n) is 4.34. The third-order valence-corrected chi connectivity index (χ3v) is 6.44. The summed E-state index contributed by atoms with van der Waals surface area (Å²) in [5.74, 6) is 0.574. The first-order chi connectivity index (χ1) is 14.5. The van der Waals surface area contributed by atoms with Crippen LogP contribution in [0.5, 0.6) is 0 Å². The van der Waals surface area contributed by atoms with E-state index in [1.165, 1.54) is 34.9 Å². The van der Waals surface area contributed by atoms with E-state index < -0.39 is 0 Å². The topological polar surface area (TPSA) is 28.0 Å². The number of benzene rings is 2. The number of hydrogen-bond donors (Lipinski definition) is 1. The predicted molar refractivity (Wildman–Crippen MR) is 118 cm³/mol. The number of hydrogen-bond acceptors (Lipinski definition) is 2. The van der Waals surface area contributed by atoms with Crippen molar-refractivity contribution in [1.82, 2.24) is 4.90 Å². The number of nitrogens with zero attached hydrogens (tertiary/aromatic N) is 2. The Morgan fingerprint density at radius 3 is 2.30 bits per heavy atom. The van der Waals surface area contributed by atoms with Crippen LogP contribution in [0.3, 0.4) is 0 Å². The maximum Gasteiger partial charge on any atom is 0.277 e. The van der Waals surface area contributed by atoms with Crippen molar-refractivity contribution in [1.29, 1.82) is 0 Å². The van der Waals surface area contributed by atoms with E-state index in [1.807, 2.05) is 21.9 Å². The highest BCUT2D eigenvalue weighted by Gasteiger charge is 2.36. The molecule has 0 spiro atoms. The maximum absolute atomic E-state index is 14.0. The molecular weight excluding hydrogens is 377 g/mol. The summed E-state index contributed by atoms with van der Waals surface area (Å²) in [7, 11) is 0. The lowest BCUT2D eigenvalue weighted by Gasteiger charge is -2.36. The van der Waals surface area contributed by atoms with Gasteiger partial charge < -0.3 is 14.7 Å². The zero-order chi connectivity index (χ0) is 21.1. The molecular formula is C25H33FN3O+. The number of piperazine rings is 1. The molecule has 1 amide bonds. The minimum absolute atomic E-state index is 0.190. The second-order valence-electron chi connectivity index (χ2n) is 9.00. The van der Waals surface area contributed by atoms with Crippen molar-refractivity contribution in [3.05, 3.63) is 65.5 Å². The highest BCUT2D eigenvalue weighted by Crippen LogP contribution is 2.20. The molecule has 160 valence electrons. The van der Waals surface area contributed by atoms with Crippen LogP contribution in [0.15, 0.2) is 48.5 Å². The molecule has 0 aromatic heterocycles. The molecule has 2 aliphatic rings. The van der Waals surface area contributed by atoms with Crippen LogP contribution in [0, 0.1) is 5.82 Å². The molecule has 0 bridgehead atoms. The fourth-order valence-corrected chi connectivity index (χ4v) is 4.34. The molecule has 2 fully saturated rings. The van der Waals surface area contributed by atoms with Gasteiger partial charge in [-0.05, 0) is 23.6 Å². The standard InChI is InChI=1S/C25H32FN3O/c1-19(2)21-9-7-20(8-10-21)17-29(22-11-12-22)18-25(30)28-15-13-27(14-16-28)24-6-4-3-5-23(24)26/h3-10,19,22H,11-18H2,1-2H3/p+1. The van der Waals surface area contributed by atoms with Gasteiger partial charge in [-0.3, -0.25) is 4.79 Å². The molecule has 1 N–H and O–H groups in total. The van der Waals surface area contributed by atoms with E-state index in [1.54, 1.807) is 6.07 Å². The Morgan fingerprint density at radius 2 is 1.70 bits per heavy atom. The van der Waals surface area contributed by atoms with Crippen LogP contribution in [0.2, 0.25) is 0 Å². The third-order valence-electron chi connectivity index (χ3n) is 6.44. The average Bonchev–Trinajstić information content (AvgIpc) is 3.59. The molecule has 1 saturated heterocycles. The Labute approximate surface area is 179 Å². The smallest absolute Gasteiger partial charge is 0.277 e. The zero-order valence-electron chi connectivity index (χ0n) is 18.1. The number of amides is 1. The molecule has 1 aliphatic carbocycles. The number of nitrogens with one attached hydrogen (secondary N) is 1. The van der Waals surface area contributed by atoms with Crippen molar-refractivity contribution in [2.75, 3.05) is 37.6 Å². The lowest BCUT2D eigenvalue weighted by atomic mass is 10.0. The molecule has 1 atom stereocenters. The number of rotatable bonds is 7. The number of para-hydroxylation sites is 1. The van der Waals surface area contributed by atoms with Gasteiger partial charge >= 0.3 is 0 Å². The van der Waals surface area contributed by atoms with Gasteiger partial charge in [-0.15, -0.1) is 0 Å². The monoisotopic (exact) mass is 410 g/mol. The summed E-state index contributed by atoms with van der Waals surface area (Å²) < 4.78 is 14.0. The van der Waals surface area contributed by atoms with Gasteiger partial charge in [0.2, 0.25) is 0 Å². The Bertz CT molecular complexity index is 855. The van der Waals surface area contributed by atoms with Crippen molar-refractivity contribution >= 4 is 11.6 Å². The van der Waals surface area contributed by atoms with Crippen LogP contribution in [0.1, 0.15) is 43.7 Å². The molecule has 1 unspecified atom stereocenters. The first-order valence-corrected chi connectivity index (χ1v) is 11.2. The van der Waals surface area contributed by atoms with Crippen LogP contribution < -0.4 is 9.80 Å². The lowest BCUT2D eigenvalue weighted by molar-refractivity contribution is -0.917. The minimum atomic E-state index is -0.190. The van der Waals surface area contributed by atoms with Gasteiger partial charge in [-0.25, -0.2) is 4.39 Å². The van der Waals surface area contributed by atoms with E-state index >= 15 is 0 Å². The summed E-state index contributed by atoms with van der Waals surface area (Å²) >= 11 is 0. The summed E-state index contributed by atoms with van der Waals surface area (Å²) in [5.41, 5.74) is 3.30. The SMILES string of the molecule is CC(C)c1ccc(C[NH+](CC(=O)N2CCN(c3ccccc3F)CC2)C2CC2)cc1. The molecule has 1 heterocycles. The Balaban J connectivity index is 1.32. The Kier molecular flexibility index (Phi) is 6.38. The average molecular weight is 411 g/mol. The largest absolute Gasteiger partial charge is 0.366 e. The van der Waals surface area contributed by atoms with Gasteiger partial charge in [-0.2, -0.15) is 0 Å². The van der Waals surface area contributed by atoms with Gasteiger partial charge in [0.1, 0.15) is 12.4 Å². The second-order valence-corrected chi connectivity index (χ2v) is 9.00. The minimum Gasteiger partial charge on any atom is -0.366 e. The van der Waals surface area contributed by atoms with Crippen LogP contribution in [0.25, 0.3) is 0 Å². The van der Waals surface area contributed by atoms with Crippen molar-refractivity contribution in [3.63, 3.8) is 0 Å². The highest BCUT2D eigenvalue weighted by atomic mass is 19.1.